The number of rotatable bonds is 7. The maximum atomic E-state index is 12.5. The van der Waals surface area contributed by atoms with Gasteiger partial charge in [0.15, 0.2) is 5.96 Å². The second-order valence-corrected chi connectivity index (χ2v) is 9.93. The minimum atomic E-state index is -3.54. The molecule has 2 rings (SSSR count). The lowest BCUT2D eigenvalue weighted by Crippen LogP contribution is -2.37. The minimum absolute atomic E-state index is 0.106. The SMILES string of the molecule is CCNC(=NCc1ccccc1S(=O)(=O)N(C)C)NCc1ncc(C(C)(C)C)o1. The van der Waals surface area contributed by atoms with Gasteiger partial charge in [0.1, 0.15) is 5.76 Å². The predicted molar refractivity (Wildman–Crippen MR) is 114 cm³/mol. The fourth-order valence-corrected chi connectivity index (χ4v) is 3.59. The minimum Gasteiger partial charge on any atom is -0.443 e. The number of aromatic nitrogens is 1. The van der Waals surface area contributed by atoms with Gasteiger partial charge < -0.3 is 15.1 Å². The summed E-state index contributed by atoms with van der Waals surface area (Å²) in [6.07, 6.45) is 1.74. The van der Waals surface area contributed by atoms with Crippen LogP contribution in [0.3, 0.4) is 0 Å². The molecule has 0 spiro atoms. The molecule has 0 bridgehead atoms. The number of guanidine groups is 1. The van der Waals surface area contributed by atoms with Crippen molar-refractivity contribution in [2.24, 2.45) is 4.99 Å². The van der Waals surface area contributed by atoms with Crippen LogP contribution in [0.2, 0.25) is 0 Å². The Morgan fingerprint density at radius 1 is 1.21 bits per heavy atom. The molecule has 1 aromatic carbocycles. The van der Waals surface area contributed by atoms with Gasteiger partial charge in [0.2, 0.25) is 15.9 Å². The van der Waals surface area contributed by atoms with Gasteiger partial charge in [-0.1, -0.05) is 39.0 Å². The number of hydrogen-bond donors (Lipinski definition) is 2. The van der Waals surface area contributed by atoms with E-state index in [1.165, 1.54) is 18.4 Å². The van der Waals surface area contributed by atoms with Crippen LogP contribution in [0.1, 0.15) is 44.9 Å². The summed E-state index contributed by atoms with van der Waals surface area (Å²) < 4.78 is 32.1. The van der Waals surface area contributed by atoms with E-state index in [1.807, 2.05) is 6.92 Å². The second-order valence-electron chi connectivity index (χ2n) is 7.81. The number of benzene rings is 1. The Morgan fingerprint density at radius 2 is 1.90 bits per heavy atom. The largest absolute Gasteiger partial charge is 0.443 e. The molecular formula is C20H31N5O3S. The zero-order valence-electron chi connectivity index (χ0n) is 18.0. The van der Waals surface area contributed by atoms with Crippen LogP contribution in [0.15, 0.2) is 44.8 Å². The van der Waals surface area contributed by atoms with Gasteiger partial charge in [0, 0.05) is 26.1 Å². The molecule has 0 fully saturated rings. The van der Waals surface area contributed by atoms with E-state index in [2.05, 4.69) is 41.4 Å². The molecule has 1 heterocycles. The third-order valence-electron chi connectivity index (χ3n) is 4.18. The molecule has 0 atom stereocenters. The highest BCUT2D eigenvalue weighted by Crippen LogP contribution is 2.22. The van der Waals surface area contributed by atoms with E-state index in [-0.39, 0.29) is 16.9 Å². The predicted octanol–water partition coefficient (Wildman–Crippen LogP) is 2.48. The third-order valence-corrected chi connectivity index (χ3v) is 6.10. The smallest absolute Gasteiger partial charge is 0.242 e. The van der Waals surface area contributed by atoms with Crippen LogP contribution in [0.4, 0.5) is 0 Å². The van der Waals surface area contributed by atoms with Gasteiger partial charge in [-0.15, -0.1) is 0 Å². The molecule has 0 aliphatic rings. The number of oxazole rings is 1. The fraction of sp³-hybridized carbons (Fsp3) is 0.500. The van der Waals surface area contributed by atoms with Gasteiger partial charge in [-0.3, -0.25) is 0 Å². The number of sulfonamides is 1. The first-order valence-electron chi connectivity index (χ1n) is 9.53. The zero-order valence-corrected chi connectivity index (χ0v) is 18.8. The Labute approximate surface area is 173 Å². The van der Waals surface area contributed by atoms with E-state index in [1.54, 1.807) is 30.5 Å². The average molecular weight is 422 g/mol. The Kier molecular flexibility index (Phi) is 7.43. The standard InChI is InChI=1S/C20H31N5O3S/c1-7-21-19(24-14-18-22-13-17(28-18)20(2,3)4)23-12-15-10-8-9-11-16(15)29(26,27)25(5)6/h8-11,13H,7,12,14H2,1-6H3,(H2,21,23,24). The lowest BCUT2D eigenvalue weighted by molar-refractivity contribution is 0.379. The first-order valence-corrected chi connectivity index (χ1v) is 11.0. The molecule has 1 aromatic heterocycles. The molecule has 0 radical (unpaired) electrons. The van der Waals surface area contributed by atoms with Crippen LogP contribution in [0.5, 0.6) is 0 Å². The summed E-state index contributed by atoms with van der Waals surface area (Å²) in [5.41, 5.74) is 0.524. The number of nitrogens with one attached hydrogen (secondary N) is 2. The molecule has 0 amide bonds. The van der Waals surface area contributed by atoms with Crippen molar-refractivity contribution in [2.75, 3.05) is 20.6 Å². The van der Waals surface area contributed by atoms with E-state index < -0.39 is 10.0 Å². The summed E-state index contributed by atoms with van der Waals surface area (Å²) in [6.45, 7) is 9.42. The Balaban J connectivity index is 2.15. The van der Waals surface area contributed by atoms with E-state index in [4.69, 9.17) is 4.42 Å². The monoisotopic (exact) mass is 421 g/mol. The van der Waals surface area contributed by atoms with Gasteiger partial charge in [-0.2, -0.15) is 0 Å². The van der Waals surface area contributed by atoms with E-state index in [0.717, 1.165) is 5.76 Å². The summed E-state index contributed by atoms with van der Waals surface area (Å²) in [5, 5.41) is 6.33. The van der Waals surface area contributed by atoms with Crippen molar-refractivity contribution in [3.05, 3.63) is 47.7 Å². The summed E-state index contributed by atoms with van der Waals surface area (Å²) in [6, 6.07) is 6.89. The molecule has 0 aliphatic carbocycles. The Morgan fingerprint density at radius 3 is 2.48 bits per heavy atom. The van der Waals surface area contributed by atoms with Crippen molar-refractivity contribution in [1.82, 2.24) is 19.9 Å². The van der Waals surface area contributed by atoms with E-state index in [9.17, 15) is 8.42 Å². The lowest BCUT2D eigenvalue weighted by atomic mass is 9.94. The maximum Gasteiger partial charge on any atom is 0.242 e. The topological polar surface area (TPSA) is 99.8 Å². The van der Waals surface area contributed by atoms with Gasteiger partial charge in [0.05, 0.1) is 24.2 Å². The van der Waals surface area contributed by atoms with Crippen molar-refractivity contribution < 1.29 is 12.8 Å². The molecule has 29 heavy (non-hydrogen) atoms. The molecule has 2 aromatic rings. The lowest BCUT2D eigenvalue weighted by Gasteiger charge is -2.15. The quantitative estimate of drug-likeness (QED) is 0.526. The van der Waals surface area contributed by atoms with Crippen molar-refractivity contribution in [1.29, 1.82) is 0 Å². The van der Waals surface area contributed by atoms with Crippen molar-refractivity contribution in [3.63, 3.8) is 0 Å². The van der Waals surface area contributed by atoms with Crippen LogP contribution in [0.25, 0.3) is 0 Å². The number of aliphatic imine (C=N–C) groups is 1. The van der Waals surface area contributed by atoms with Crippen LogP contribution in [-0.2, 0) is 28.5 Å². The fourth-order valence-electron chi connectivity index (χ4n) is 2.49. The number of hydrogen-bond acceptors (Lipinski definition) is 5. The van der Waals surface area contributed by atoms with E-state index in [0.29, 0.717) is 30.5 Å². The van der Waals surface area contributed by atoms with Gasteiger partial charge in [-0.05, 0) is 18.6 Å². The first kappa shape index (κ1) is 22.9. The average Bonchev–Trinajstić information content (AvgIpc) is 3.13. The Hall–Kier alpha value is -2.39. The summed E-state index contributed by atoms with van der Waals surface area (Å²) >= 11 is 0. The molecule has 8 nitrogen and oxygen atoms in total. The molecule has 9 heteroatoms. The summed E-state index contributed by atoms with van der Waals surface area (Å²) in [4.78, 5) is 9.09. The molecule has 160 valence electrons. The highest BCUT2D eigenvalue weighted by atomic mass is 32.2. The normalized spacial score (nSPS) is 13.0. The van der Waals surface area contributed by atoms with Crippen LogP contribution in [0, 0.1) is 0 Å². The Bertz CT molecular complexity index is 943. The molecular weight excluding hydrogens is 390 g/mol. The van der Waals surface area contributed by atoms with Crippen LogP contribution >= 0.6 is 0 Å². The van der Waals surface area contributed by atoms with Crippen LogP contribution < -0.4 is 10.6 Å². The molecule has 0 aliphatic heterocycles. The maximum absolute atomic E-state index is 12.5. The van der Waals surface area contributed by atoms with Crippen LogP contribution in [-0.4, -0.2) is 44.3 Å². The van der Waals surface area contributed by atoms with Gasteiger partial charge in [-0.25, -0.2) is 22.7 Å². The van der Waals surface area contributed by atoms with Crippen molar-refractivity contribution >= 4 is 16.0 Å². The molecule has 0 saturated carbocycles. The third kappa shape index (κ3) is 6.04. The molecule has 2 N–H and O–H groups in total. The zero-order chi connectivity index (χ0) is 21.7. The second kappa shape index (κ2) is 9.41. The summed E-state index contributed by atoms with van der Waals surface area (Å²) in [7, 11) is -0.502. The summed E-state index contributed by atoms with van der Waals surface area (Å²) in [5.74, 6) is 1.94. The number of nitrogens with zero attached hydrogens (tertiary/aromatic N) is 3. The van der Waals surface area contributed by atoms with Crippen molar-refractivity contribution in [2.45, 2.75) is 51.1 Å². The molecule has 0 saturated heterocycles. The highest BCUT2D eigenvalue weighted by molar-refractivity contribution is 7.89. The first-order chi connectivity index (χ1) is 13.6. The van der Waals surface area contributed by atoms with Gasteiger partial charge in [0.25, 0.3) is 0 Å². The highest BCUT2D eigenvalue weighted by Gasteiger charge is 2.21. The van der Waals surface area contributed by atoms with Gasteiger partial charge >= 0.3 is 0 Å². The van der Waals surface area contributed by atoms with Crippen molar-refractivity contribution in [3.8, 4) is 0 Å². The molecule has 0 unspecified atom stereocenters. The van der Waals surface area contributed by atoms with E-state index >= 15 is 0 Å².